The zero-order valence-electron chi connectivity index (χ0n) is 11.4. The van der Waals surface area contributed by atoms with Crippen LogP contribution in [0.4, 0.5) is 10.2 Å². The summed E-state index contributed by atoms with van der Waals surface area (Å²) in [6, 6.07) is 8.96. The summed E-state index contributed by atoms with van der Waals surface area (Å²) < 4.78 is 13.2. The van der Waals surface area contributed by atoms with Crippen LogP contribution in [0.15, 0.2) is 36.5 Å². The lowest BCUT2D eigenvalue weighted by Gasteiger charge is -2.18. The fourth-order valence-corrected chi connectivity index (χ4v) is 1.98. The number of carbonyl (C=O) groups is 1. The predicted molar refractivity (Wildman–Crippen MR) is 75.6 cm³/mol. The molecular formula is C15H16FN3O. The molecule has 1 aromatic carbocycles. The van der Waals surface area contributed by atoms with E-state index in [0.29, 0.717) is 6.54 Å². The number of nitrogen functional groups attached to an aromatic ring is 1. The molecule has 0 bridgehead atoms. The maximum absolute atomic E-state index is 13.2. The van der Waals surface area contributed by atoms with Gasteiger partial charge in [-0.25, -0.2) is 9.37 Å². The molecule has 0 aliphatic carbocycles. The first-order chi connectivity index (χ1) is 9.47. The fraction of sp³-hybridized carbons (Fsp3) is 0.200. The molecule has 4 nitrogen and oxygen atoms in total. The van der Waals surface area contributed by atoms with Gasteiger partial charge in [0, 0.05) is 13.6 Å². The number of halogens is 1. The van der Waals surface area contributed by atoms with Gasteiger partial charge in [0.2, 0.25) is 0 Å². The average molecular weight is 273 g/mol. The lowest BCUT2D eigenvalue weighted by molar-refractivity contribution is 0.0785. The Morgan fingerprint density at radius 3 is 2.85 bits per heavy atom. The molecule has 0 unspecified atom stereocenters. The molecule has 1 aromatic heterocycles. The number of nitrogens with zero attached hydrogens (tertiary/aromatic N) is 2. The second-order valence-corrected chi connectivity index (χ2v) is 4.74. The van der Waals surface area contributed by atoms with Crippen molar-refractivity contribution in [1.82, 2.24) is 9.88 Å². The molecule has 2 rings (SSSR count). The van der Waals surface area contributed by atoms with E-state index in [-0.39, 0.29) is 17.3 Å². The molecule has 1 heterocycles. The summed E-state index contributed by atoms with van der Waals surface area (Å²) in [6.07, 6.45) is 0.993. The Balaban J connectivity index is 2.18. The van der Waals surface area contributed by atoms with Crippen molar-refractivity contribution in [1.29, 1.82) is 0 Å². The number of anilines is 1. The minimum absolute atomic E-state index is 0.0347. The molecule has 0 spiro atoms. The number of carbonyl (C=O) groups excluding carboxylic acids is 1. The first kappa shape index (κ1) is 14.0. The van der Waals surface area contributed by atoms with E-state index >= 15 is 0 Å². The van der Waals surface area contributed by atoms with E-state index in [1.807, 2.05) is 31.2 Å². The average Bonchev–Trinajstić information content (AvgIpc) is 2.40. The van der Waals surface area contributed by atoms with Gasteiger partial charge in [-0.2, -0.15) is 0 Å². The highest BCUT2D eigenvalue weighted by molar-refractivity contribution is 5.98. The van der Waals surface area contributed by atoms with Gasteiger partial charge in [0.05, 0.1) is 11.8 Å². The van der Waals surface area contributed by atoms with E-state index in [1.54, 1.807) is 7.05 Å². The largest absolute Gasteiger partial charge is 0.383 e. The smallest absolute Gasteiger partial charge is 0.257 e. The Kier molecular flexibility index (Phi) is 3.98. The van der Waals surface area contributed by atoms with Gasteiger partial charge in [0.15, 0.2) is 0 Å². The summed E-state index contributed by atoms with van der Waals surface area (Å²) in [7, 11) is 1.65. The number of hydrogen-bond donors (Lipinski definition) is 1. The molecule has 0 saturated carbocycles. The Morgan fingerprint density at radius 1 is 1.40 bits per heavy atom. The molecule has 0 aliphatic rings. The number of aromatic nitrogens is 1. The summed E-state index contributed by atoms with van der Waals surface area (Å²) in [4.78, 5) is 17.4. The van der Waals surface area contributed by atoms with Gasteiger partial charge in [-0.15, -0.1) is 0 Å². The maximum Gasteiger partial charge on any atom is 0.257 e. The zero-order chi connectivity index (χ0) is 14.7. The topological polar surface area (TPSA) is 59.2 Å². The molecule has 0 saturated heterocycles. The summed E-state index contributed by atoms with van der Waals surface area (Å²) in [5.41, 5.74) is 7.83. The van der Waals surface area contributed by atoms with Gasteiger partial charge in [0.1, 0.15) is 11.6 Å². The molecule has 0 radical (unpaired) electrons. The van der Waals surface area contributed by atoms with E-state index in [0.717, 1.165) is 23.4 Å². The number of pyridine rings is 1. The highest BCUT2D eigenvalue weighted by Crippen LogP contribution is 2.14. The second-order valence-electron chi connectivity index (χ2n) is 4.74. The first-order valence-corrected chi connectivity index (χ1v) is 6.19. The summed E-state index contributed by atoms with van der Waals surface area (Å²) in [5.74, 6) is -0.894. The Bertz CT molecular complexity index is 643. The number of benzene rings is 1. The van der Waals surface area contributed by atoms with E-state index < -0.39 is 5.82 Å². The van der Waals surface area contributed by atoms with Crippen LogP contribution in [0.2, 0.25) is 0 Å². The zero-order valence-corrected chi connectivity index (χ0v) is 11.4. The fourth-order valence-electron chi connectivity index (χ4n) is 1.98. The molecule has 0 aliphatic heterocycles. The third-order valence-electron chi connectivity index (χ3n) is 2.96. The Morgan fingerprint density at radius 2 is 2.15 bits per heavy atom. The van der Waals surface area contributed by atoms with E-state index in [9.17, 15) is 9.18 Å². The summed E-state index contributed by atoms with van der Waals surface area (Å²) in [5, 5.41) is 0. The second kappa shape index (κ2) is 5.69. The highest BCUT2D eigenvalue weighted by atomic mass is 19.1. The van der Waals surface area contributed by atoms with Crippen LogP contribution in [0.1, 0.15) is 21.5 Å². The Hall–Kier alpha value is -2.43. The molecule has 0 fully saturated rings. The molecule has 1 amide bonds. The maximum atomic E-state index is 13.2. The van der Waals surface area contributed by atoms with Crippen molar-refractivity contribution in [2.45, 2.75) is 13.5 Å². The first-order valence-electron chi connectivity index (χ1n) is 6.19. The van der Waals surface area contributed by atoms with Crippen LogP contribution in [0, 0.1) is 12.7 Å². The molecule has 20 heavy (non-hydrogen) atoms. The minimum Gasteiger partial charge on any atom is -0.383 e. The van der Waals surface area contributed by atoms with Crippen LogP contribution >= 0.6 is 0 Å². The lowest BCUT2D eigenvalue weighted by Crippen LogP contribution is -2.27. The van der Waals surface area contributed by atoms with E-state index in [1.165, 1.54) is 4.90 Å². The number of rotatable bonds is 3. The van der Waals surface area contributed by atoms with Crippen molar-refractivity contribution in [3.05, 3.63) is 59.0 Å². The van der Waals surface area contributed by atoms with Crippen LogP contribution in [0.25, 0.3) is 0 Å². The standard InChI is InChI=1S/C15H16FN3O/c1-10-4-3-5-11(6-10)9-19(2)15(20)13-7-12(16)8-18-14(13)17/h3-8H,9H2,1-2H3,(H2,17,18). The Labute approximate surface area is 117 Å². The van der Waals surface area contributed by atoms with Gasteiger partial charge in [0.25, 0.3) is 5.91 Å². The van der Waals surface area contributed by atoms with E-state index in [2.05, 4.69) is 4.98 Å². The monoisotopic (exact) mass is 273 g/mol. The molecule has 2 N–H and O–H groups in total. The van der Waals surface area contributed by atoms with Crippen molar-refractivity contribution < 1.29 is 9.18 Å². The van der Waals surface area contributed by atoms with Crippen LogP contribution < -0.4 is 5.73 Å². The molecule has 104 valence electrons. The summed E-state index contributed by atoms with van der Waals surface area (Å²) in [6.45, 7) is 2.41. The molecular weight excluding hydrogens is 257 g/mol. The third kappa shape index (κ3) is 3.12. The molecule has 2 aromatic rings. The predicted octanol–water partition coefficient (Wildman–Crippen LogP) is 2.38. The van der Waals surface area contributed by atoms with Crippen molar-refractivity contribution in [3.63, 3.8) is 0 Å². The summed E-state index contributed by atoms with van der Waals surface area (Å²) >= 11 is 0. The van der Waals surface area contributed by atoms with Crippen molar-refractivity contribution >= 4 is 11.7 Å². The van der Waals surface area contributed by atoms with Gasteiger partial charge in [-0.1, -0.05) is 29.8 Å². The lowest BCUT2D eigenvalue weighted by atomic mass is 10.1. The molecule has 0 atom stereocenters. The highest BCUT2D eigenvalue weighted by Gasteiger charge is 2.16. The van der Waals surface area contributed by atoms with Crippen molar-refractivity contribution in [3.8, 4) is 0 Å². The van der Waals surface area contributed by atoms with Gasteiger partial charge >= 0.3 is 0 Å². The SMILES string of the molecule is Cc1cccc(CN(C)C(=O)c2cc(F)cnc2N)c1. The molecule has 5 heteroatoms. The number of amides is 1. The van der Waals surface area contributed by atoms with Gasteiger partial charge < -0.3 is 10.6 Å². The van der Waals surface area contributed by atoms with Gasteiger partial charge in [-0.3, -0.25) is 4.79 Å². The van der Waals surface area contributed by atoms with Crippen molar-refractivity contribution in [2.24, 2.45) is 0 Å². The van der Waals surface area contributed by atoms with Crippen LogP contribution in [0.5, 0.6) is 0 Å². The van der Waals surface area contributed by atoms with E-state index in [4.69, 9.17) is 5.73 Å². The van der Waals surface area contributed by atoms with Crippen LogP contribution in [-0.2, 0) is 6.54 Å². The van der Waals surface area contributed by atoms with Gasteiger partial charge in [-0.05, 0) is 18.6 Å². The third-order valence-corrected chi connectivity index (χ3v) is 2.96. The van der Waals surface area contributed by atoms with Crippen molar-refractivity contribution in [2.75, 3.05) is 12.8 Å². The van der Waals surface area contributed by atoms with Crippen LogP contribution in [-0.4, -0.2) is 22.8 Å². The van der Waals surface area contributed by atoms with Crippen LogP contribution in [0.3, 0.4) is 0 Å². The number of hydrogen-bond acceptors (Lipinski definition) is 3. The minimum atomic E-state index is -0.577. The number of nitrogens with two attached hydrogens (primary N) is 1. The quantitative estimate of drug-likeness (QED) is 0.934. The normalized spacial score (nSPS) is 10.3. The number of aryl methyl sites for hydroxylation is 1.